The highest BCUT2D eigenvalue weighted by atomic mass is 35.5. The van der Waals surface area contributed by atoms with E-state index in [0.29, 0.717) is 28.0 Å². The second-order valence-electron chi connectivity index (χ2n) is 4.63. The van der Waals surface area contributed by atoms with Crippen molar-refractivity contribution in [1.82, 2.24) is 0 Å². The third kappa shape index (κ3) is 3.26. The summed E-state index contributed by atoms with van der Waals surface area (Å²) in [5, 5.41) is 0.630. The molecule has 6 heteroatoms. The van der Waals surface area contributed by atoms with E-state index in [9.17, 15) is 4.39 Å². The van der Waals surface area contributed by atoms with Crippen LogP contribution in [0.3, 0.4) is 0 Å². The van der Waals surface area contributed by atoms with Gasteiger partial charge in [-0.25, -0.2) is 4.39 Å². The van der Waals surface area contributed by atoms with Crippen molar-refractivity contribution < 1.29 is 13.9 Å². The first-order valence-electron chi connectivity index (χ1n) is 6.33. The summed E-state index contributed by atoms with van der Waals surface area (Å²) in [6.45, 7) is 0.712. The quantitative estimate of drug-likeness (QED) is 0.678. The summed E-state index contributed by atoms with van der Waals surface area (Å²) in [4.78, 5) is 0.704. The fraction of sp³-hybridized carbons (Fsp3) is 0.200. The summed E-state index contributed by atoms with van der Waals surface area (Å²) in [6.07, 6.45) is 0. The highest BCUT2D eigenvalue weighted by Gasteiger charge is 2.17. The van der Waals surface area contributed by atoms with Crippen LogP contribution in [0.25, 0.3) is 0 Å². The second kappa shape index (κ2) is 6.13. The smallest absolute Gasteiger partial charge is 0.189 e. The summed E-state index contributed by atoms with van der Waals surface area (Å²) in [7, 11) is 0. The molecule has 0 unspecified atom stereocenters. The van der Waals surface area contributed by atoms with Crippen molar-refractivity contribution >= 4 is 29.1 Å². The average Bonchev–Trinajstić information content (AvgIpc) is 2.47. The first-order chi connectivity index (χ1) is 10.1. The zero-order valence-electron chi connectivity index (χ0n) is 11.1. The molecule has 3 nitrogen and oxygen atoms in total. The molecule has 1 aliphatic rings. The SMILES string of the molecule is Nc1ccc(F)cc1SCc1cc(Cl)cc2c1OCOC2. The molecule has 3 rings (SSSR count). The van der Waals surface area contributed by atoms with Crippen LogP contribution in [0.15, 0.2) is 35.2 Å². The molecule has 0 atom stereocenters. The summed E-state index contributed by atoms with van der Waals surface area (Å²) < 4.78 is 24.1. The molecule has 0 spiro atoms. The lowest BCUT2D eigenvalue weighted by Crippen LogP contribution is -2.12. The largest absolute Gasteiger partial charge is 0.467 e. The molecule has 0 amide bonds. The lowest BCUT2D eigenvalue weighted by molar-refractivity contribution is -0.0168. The monoisotopic (exact) mass is 325 g/mol. The Kier molecular flexibility index (Phi) is 4.24. The summed E-state index contributed by atoms with van der Waals surface area (Å²) in [5.41, 5.74) is 8.29. The van der Waals surface area contributed by atoms with Crippen LogP contribution in [-0.2, 0) is 17.1 Å². The minimum Gasteiger partial charge on any atom is -0.467 e. The number of nitrogen functional groups attached to an aromatic ring is 1. The highest BCUT2D eigenvalue weighted by molar-refractivity contribution is 7.98. The summed E-state index contributed by atoms with van der Waals surface area (Å²) >= 11 is 7.57. The highest BCUT2D eigenvalue weighted by Crippen LogP contribution is 2.36. The number of nitrogens with two attached hydrogens (primary N) is 1. The van der Waals surface area contributed by atoms with Crippen LogP contribution in [0.1, 0.15) is 11.1 Å². The van der Waals surface area contributed by atoms with E-state index in [-0.39, 0.29) is 12.6 Å². The topological polar surface area (TPSA) is 44.5 Å². The molecule has 2 aromatic rings. The van der Waals surface area contributed by atoms with E-state index in [4.69, 9.17) is 26.8 Å². The number of fused-ring (bicyclic) bond motifs is 1. The van der Waals surface area contributed by atoms with Gasteiger partial charge in [-0.3, -0.25) is 0 Å². The van der Waals surface area contributed by atoms with Crippen LogP contribution >= 0.6 is 23.4 Å². The number of hydrogen-bond acceptors (Lipinski definition) is 4. The molecule has 0 aliphatic carbocycles. The molecule has 1 heterocycles. The Morgan fingerprint density at radius 2 is 2.14 bits per heavy atom. The van der Waals surface area contributed by atoms with E-state index in [2.05, 4.69) is 0 Å². The van der Waals surface area contributed by atoms with E-state index >= 15 is 0 Å². The Morgan fingerprint density at radius 3 is 3.00 bits per heavy atom. The fourth-order valence-corrected chi connectivity index (χ4v) is 3.37. The minimum absolute atomic E-state index is 0.231. The maximum atomic E-state index is 13.3. The molecule has 1 aliphatic heterocycles. The van der Waals surface area contributed by atoms with Gasteiger partial charge in [-0.15, -0.1) is 11.8 Å². The van der Waals surface area contributed by atoms with E-state index in [1.54, 1.807) is 6.07 Å². The van der Waals surface area contributed by atoms with Crippen LogP contribution in [0.5, 0.6) is 5.75 Å². The van der Waals surface area contributed by atoms with Gasteiger partial charge in [0.25, 0.3) is 0 Å². The van der Waals surface area contributed by atoms with Crippen molar-refractivity contribution in [3.05, 3.63) is 52.3 Å². The lowest BCUT2D eigenvalue weighted by Gasteiger charge is -2.21. The zero-order valence-corrected chi connectivity index (χ0v) is 12.6. The average molecular weight is 326 g/mol. The van der Waals surface area contributed by atoms with E-state index < -0.39 is 0 Å². The van der Waals surface area contributed by atoms with Crippen molar-refractivity contribution in [1.29, 1.82) is 0 Å². The van der Waals surface area contributed by atoms with Gasteiger partial charge in [0, 0.05) is 32.5 Å². The van der Waals surface area contributed by atoms with Crippen molar-refractivity contribution in [3.63, 3.8) is 0 Å². The van der Waals surface area contributed by atoms with Gasteiger partial charge in [-0.1, -0.05) is 11.6 Å². The third-order valence-electron chi connectivity index (χ3n) is 3.11. The molecule has 2 aromatic carbocycles. The molecule has 110 valence electrons. The van der Waals surface area contributed by atoms with E-state index in [0.717, 1.165) is 16.9 Å². The van der Waals surface area contributed by atoms with E-state index in [1.807, 2.05) is 12.1 Å². The molecule has 21 heavy (non-hydrogen) atoms. The molecule has 0 bridgehead atoms. The molecule has 0 fully saturated rings. The number of rotatable bonds is 3. The Bertz CT molecular complexity index is 681. The van der Waals surface area contributed by atoms with E-state index in [1.165, 1.54) is 23.9 Å². The zero-order chi connectivity index (χ0) is 14.8. The minimum atomic E-state index is -0.301. The Balaban J connectivity index is 1.85. The molecular formula is C15H13ClFNO2S. The van der Waals surface area contributed by atoms with Gasteiger partial charge < -0.3 is 15.2 Å². The number of thioether (sulfide) groups is 1. The Labute approximate surface area is 131 Å². The first-order valence-corrected chi connectivity index (χ1v) is 7.69. The van der Waals surface area contributed by atoms with Crippen LogP contribution in [0.4, 0.5) is 10.1 Å². The van der Waals surface area contributed by atoms with Gasteiger partial charge in [-0.05, 0) is 30.3 Å². The summed E-state index contributed by atoms with van der Waals surface area (Å²) in [5.74, 6) is 1.09. The van der Waals surface area contributed by atoms with Crippen molar-refractivity contribution in [2.75, 3.05) is 12.5 Å². The van der Waals surface area contributed by atoms with Gasteiger partial charge in [0.05, 0.1) is 6.61 Å². The first kappa shape index (κ1) is 14.5. The van der Waals surface area contributed by atoms with Gasteiger partial charge in [-0.2, -0.15) is 0 Å². The maximum Gasteiger partial charge on any atom is 0.189 e. The third-order valence-corrected chi connectivity index (χ3v) is 4.45. The van der Waals surface area contributed by atoms with Gasteiger partial charge >= 0.3 is 0 Å². The standard InChI is InChI=1S/C15H13ClFNO2S/c16-11-3-9-6-19-8-20-15(9)10(4-11)7-21-14-5-12(17)1-2-13(14)18/h1-5H,6-8,18H2. The fourth-order valence-electron chi connectivity index (χ4n) is 2.15. The number of halogens is 2. The number of ether oxygens (including phenoxy) is 2. The van der Waals surface area contributed by atoms with Crippen molar-refractivity contribution in [2.24, 2.45) is 0 Å². The van der Waals surface area contributed by atoms with Crippen LogP contribution in [-0.4, -0.2) is 6.79 Å². The molecular weight excluding hydrogens is 313 g/mol. The van der Waals surface area contributed by atoms with Gasteiger partial charge in [0.1, 0.15) is 11.6 Å². The predicted octanol–water partition coefficient (Wildman–Crippen LogP) is 4.22. The van der Waals surface area contributed by atoms with Gasteiger partial charge in [0.2, 0.25) is 0 Å². The van der Waals surface area contributed by atoms with Crippen LogP contribution < -0.4 is 10.5 Å². The van der Waals surface area contributed by atoms with Crippen molar-refractivity contribution in [3.8, 4) is 5.75 Å². The lowest BCUT2D eigenvalue weighted by atomic mass is 10.1. The summed E-state index contributed by atoms with van der Waals surface area (Å²) in [6, 6.07) is 8.03. The predicted molar refractivity (Wildman–Crippen MR) is 82.1 cm³/mol. The number of benzene rings is 2. The Morgan fingerprint density at radius 1 is 1.29 bits per heavy atom. The molecule has 0 aromatic heterocycles. The molecule has 0 saturated carbocycles. The van der Waals surface area contributed by atoms with Crippen LogP contribution in [0, 0.1) is 5.82 Å². The number of anilines is 1. The van der Waals surface area contributed by atoms with Crippen molar-refractivity contribution in [2.45, 2.75) is 17.3 Å². The molecule has 2 N–H and O–H groups in total. The molecule has 0 saturated heterocycles. The maximum absolute atomic E-state index is 13.3. The normalized spacial score (nSPS) is 13.6. The second-order valence-corrected chi connectivity index (χ2v) is 6.09. The number of hydrogen-bond donors (Lipinski definition) is 1. The Hall–Kier alpha value is -1.43. The van der Waals surface area contributed by atoms with Gasteiger partial charge in [0.15, 0.2) is 6.79 Å². The molecule has 0 radical (unpaired) electrons. The van der Waals surface area contributed by atoms with Crippen LogP contribution in [0.2, 0.25) is 5.02 Å².